The summed E-state index contributed by atoms with van der Waals surface area (Å²) in [4.78, 5) is 13.9. The molecule has 0 bridgehead atoms. The van der Waals surface area contributed by atoms with E-state index in [-0.39, 0.29) is 5.91 Å². The first kappa shape index (κ1) is 13.7. The number of hydrogen-bond donors (Lipinski definition) is 2. The minimum absolute atomic E-state index is 0.00889. The normalized spacial score (nSPS) is 10.6. The summed E-state index contributed by atoms with van der Waals surface area (Å²) in [5.74, 6) is 0.00889. The Hall–Kier alpha value is -1.39. The Bertz CT molecular complexity index is 361. The predicted octanol–water partition coefficient (Wildman–Crippen LogP) is 1.43. The topological polar surface area (TPSA) is 58.4 Å². The van der Waals surface area contributed by atoms with Gasteiger partial charge in [-0.05, 0) is 24.7 Å². The number of amides is 1. The van der Waals surface area contributed by atoms with Crippen molar-refractivity contribution in [2.75, 3.05) is 25.0 Å². The van der Waals surface area contributed by atoms with E-state index in [9.17, 15) is 4.79 Å². The highest BCUT2D eigenvalue weighted by Gasteiger charge is 2.08. The summed E-state index contributed by atoms with van der Waals surface area (Å²) in [7, 11) is 0. The number of carbonyl (C=O) groups excluding carboxylic acids is 1. The van der Waals surface area contributed by atoms with Crippen LogP contribution in [0.5, 0.6) is 0 Å². The first-order chi connectivity index (χ1) is 8.21. The number of para-hydroxylation sites is 1. The average Bonchev–Trinajstić information content (AvgIpc) is 2.36. The third-order valence-corrected chi connectivity index (χ3v) is 2.77. The fourth-order valence-corrected chi connectivity index (χ4v) is 1.66. The highest BCUT2D eigenvalue weighted by Crippen LogP contribution is 2.13. The number of likely N-dealkylation sites (N-methyl/N-ethyl adjacent to an activating group) is 1. The number of nitrogens with two attached hydrogens (primary N) is 1. The van der Waals surface area contributed by atoms with Gasteiger partial charge < -0.3 is 11.1 Å². The molecule has 4 heteroatoms. The largest absolute Gasteiger partial charge is 0.326 e. The number of rotatable bonds is 6. The molecule has 94 valence electrons. The summed E-state index contributed by atoms with van der Waals surface area (Å²) in [6.07, 6.45) is 0. The van der Waals surface area contributed by atoms with Crippen LogP contribution in [-0.2, 0) is 11.3 Å². The third kappa shape index (κ3) is 4.17. The summed E-state index contributed by atoms with van der Waals surface area (Å²) in [6, 6.07) is 7.61. The quantitative estimate of drug-likeness (QED) is 0.784. The molecule has 0 saturated heterocycles. The van der Waals surface area contributed by atoms with Gasteiger partial charge in [-0.15, -0.1) is 0 Å². The zero-order valence-electron chi connectivity index (χ0n) is 10.6. The second-order valence-corrected chi connectivity index (χ2v) is 3.87. The summed E-state index contributed by atoms with van der Waals surface area (Å²) in [5.41, 5.74) is 7.39. The van der Waals surface area contributed by atoms with Gasteiger partial charge in [0.2, 0.25) is 5.91 Å². The lowest BCUT2D eigenvalue weighted by molar-refractivity contribution is -0.117. The summed E-state index contributed by atoms with van der Waals surface area (Å²) < 4.78 is 0. The molecule has 1 aromatic rings. The molecule has 0 aliphatic rings. The van der Waals surface area contributed by atoms with E-state index in [1.807, 2.05) is 38.1 Å². The van der Waals surface area contributed by atoms with Gasteiger partial charge in [-0.2, -0.15) is 0 Å². The van der Waals surface area contributed by atoms with Gasteiger partial charge >= 0.3 is 0 Å². The van der Waals surface area contributed by atoms with E-state index in [0.717, 1.165) is 24.3 Å². The van der Waals surface area contributed by atoms with Crippen LogP contribution in [0.15, 0.2) is 24.3 Å². The highest BCUT2D eigenvalue weighted by molar-refractivity contribution is 5.92. The molecule has 0 heterocycles. The van der Waals surface area contributed by atoms with Crippen LogP contribution in [0.25, 0.3) is 0 Å². The van der Waals surface area contributed by atoms with E-state index < -0.39 is 0 Å². The van der Waals surface area contributed by atoms with Gasteiger partial charge in [0.05, 0.1) is 6.54 Å². The minimum Gasteiger partial charge on any atom is -0.326 e. The zero-order valence-corrected chi connectivity index (χ0v) is 10.6. The standard InChI is InChI=1S/C13H21N3O/c1-3-16(4-2)10-13(17)15-12-8-6-5-7-11(12)9-14/h5-8H,3-4,9-10,14H2,1-2H3,(H,15,17). The van der Waals surface area contributed by atoms with Gasteiger partial charge in [0.1, 0.15) is 0 Å². The van der Waals surface area contributed by atoms with Crippen LogP contribution in [0.2, 0.25) is 0 Å². The molecule has 0 aromatic heterocycles. The molecule has 0 aliphatic carbocycles. The van der Waals surface area contributed by atoms with E-state index in [1.165, 1.54) is 0 Å². The van der Waals surface area contributed by atoms with E-state index in [0.29, 0.717) is 13.1 Å². The minimum atomic E-state index is 0.00889. The molecule has 1 aromatic carbocycles. The van der Waals surface area contributed by atoms with Gasteiger partial charge in [0.15, 0.2) is 0 Å². The molecule has 4 nitrogen and oxygen atoms in total. The van der Waals surface area contributed by atoms with Crippen molar-refractivity contribution < 1.29 is 4.79 Å². The highest BCUT2D eigenvalue weighted by atomic mass is 16.2. The molecule has 0 spiro atoms. The van der Waals surface area contributed by atoms with Crippen molar-refractivity contribution in [2.45, 2.75) is 20.4 Å². The van der Waals surface area contributed by atoms with Gasteiger partial charge in [-0.1, -0.05) is 32.0 Å². The van der Waals surface area contributed by atoms with Crippen molar-refractivity contribution in [3.8, 4) is 0 Å². The Kier molecular flexibility index (Phi) is 5.66. The van der Waals surface area contributed by atoms with Crippen molar-refractivity contribution >= 4 is 11.6 Å². The number of hydrogen-bond acceptors (Lipinski definition) is 3. The number of benzene rings is 1. The molecule has 0 fully saturated rings. The van der Waals surface area contributed by atoms with E-state index in [4.69, 9.17) is 5.73 Å². The van der Waals surface area contributed by atoms with Gasteiger partial charge in [0, 0.05) is 12.2 Å². The maximum absolute atomic E-state index is 11.8. The van der Waals surface area contributed by atoms with Crippen LogP contribution < -0.4 is 11.1 Å². The predicted molar refractivity (Wildman–Crippen MR) is 70.8 cm³/mol. The lowest BCUT2D eigenvalue weighted by atomic mass is 10.2. The Morgan fingerprint density at radius 2 is 1.94 bits per heavy atom. The maximum Gasteiger partial charge on any atom is 0.238 e. The first-order valence-corrected chi connectivity index (χ1v) is 6.01. The van der Waals surface area contributed by atoms with Gasteiger partial charge in [0.25, 0.3) is 0 Å². The molecule has 0 atom stereocenters. The zero-order chi connectivity index (χ0) is 12.7. The molecule has 0 saturated carbocycles. The van der Waals surface area contributed by atoms with Crippen LogP contribution in [-0.4, -0.2) is 30.4 Å². The molecule has 1 rings (SSSR count). The molecule has 17 heavy (non-hydrogen) atoms. The molecule has 0 unspecified atom stereocenters. The number of nitrogens with zero attached hydrogens (tertiary/aromatic N) is 1. The van der Waals surface area contributed by atoms with Gasteiger partial charge in [-0.25, -0.2) is 0 Å². The molecule has 0 aliphatic heterocycles. The Labute approximate surface area is 103 Å². The summed E-state index contributed by atoms with van der Waals surface area (Å²) >= 11 is 0. The molecule has 3 N–H and O–H groups in total. The maximum atomic E-state index is 11.8. The number of nitrogens with one attached hydrogen (secondary N) is 1. The fourth-order valence-electron chi connectivity index (χ4n) is 1.66. The fraction of sp³-hybridized carbons (Fsp3) is 0.462. The summed E-state index contributed by atoms with van der Waals surface area (Å²) in [5, 5.41) is 2.90. The van der Waals surface area contributed by atoms with Crippen molar-refractivity contribution in [3.63, 3.8) is 0 Å². The van der Waals surface area contributed by atoms with Crippen molar-refractivity contribution in [3.05, 3.63) is 29.8 Å². The van der Waals surface area contributed by atoms with Crippen LogP contribution in [0, 0.1) is 0 Å². The SMILES string of the molecule is CCN(CC)CC(=O)Nc1ccccc1CN. The second-order valence-electron chi connectivity index (χ2n) is 3.87. The Morgan fingerprint density at radius 1 is 1.29 bits per heavy atom. The molecule has 0 radical (unpaired) electrons. The monoisotopic (exact) mass is 235 g/mol. The average molecular weight is 235 g/mol. The summed E-state index contributed by atoms with van der Waals surface area (Å²) in [6.45, 7) is 6.70. The second kappa shape index (κ2) is 7.04. The first-order valence-electron chi connectivity index (χ1n) is 6.01. The Morgan fingerprint density at radius 3 is 2.53 bits per heavy atom. The van der Waals surface area contributed by atoms with Crippen molar-refractivity contribution in [1.29, 1.82) is 0 Å². The van der Waals surface area contributed by atoms with E-state index in [2.05, 4.69) is 10.2 Å². The third-order valence-electron chi connectivity index (χ3n) is 2.77. The van der Waals surface area contributed by atoms with Crippen molar-refractivity contribution in [2.24, 2.45) is 5.73 Å². The number of carbonyl (C=O) groups is 1. The lowest BCUT2D eigenvalue weighted by Gasteiger charge is -2.18. The molecular weight excluding hydrogens is 214 g/mol. The van der Waals surface area contributed by atoms with Crippen LogP contribution in [0.3, 0.4) is 0 Å². The van der Waals surface area contributed by atoms with Crippen molar-refractivity contribution in [1.82, 2.24) is 4.90 Å². The van der Waals surface area contributed by atoms with Crippen LogP contribution in [0.4, 0.5) is 5.69 Å². The van der Waals surface area contributed by atoms with Gasteiger partial charge in [-0.3, -0.25) is 9.69 Å². The van der Waals surface area contributed by atoms with E-state index in [1.54, 1.807) is 0 Å². The Balaban J connectivity index is 2.61. The molecule has 1 amide bonds. The number of anilines is 1. The van der Waals surface area contributed by atoms with E-state index >= 15 is 0 Å². The van der Waals surface area contributed by atoms with Crippen LogP contribution in [0.1, 0.15) is 19.4 Å². The lowest BCUT2D eigenvalue weighted by Crippen LogP contribution is -2.33. The smallest absolute Gasteiger partial charge is 0.238 e. The van der Waals surface area contributed by atoms with Crippen LogP contribution >= 0.6 is 0 Å². The molecular formula is C13H21N3O.